The summed E-state index contributed by atoms with van der Waals surface area (Å²) in [5.74, 6) is 2.68. The number of hydrogen-bond donors (Lipinski definition) is 0. The van der Waals surface area contributed by atoms with E-state index in [1.807, 2.05) is 6.92 Å². The minimum Gasteiger partial charge on any atom is -0.356 e. The van der Waals surface area contributed by atoms with Crippen molar-refractivity contribution in [2.24, 2.45) is 5.92 Å². The van der Waals surface area contributed by atoms with E-state index in [0.29, 0.717) is 0 Å². The van der Waals surface area contributed by atoms with E-state index in [-0.39, 0.29) is 0 Å². The summed E-state index contributed by atoms with van der Waals surface area (Å²) in [5, 5.41) is 1.17. The first-order chi connectivity index (χ1) is 13.3. The van der Waals surface area contributed by atoms with Crippen molar-refractivity contribution in [1.82, 2.24) is 14.5 Å². The summed E-state index contributed by atoms with van der Waals surface area (Å²) in [5.41, 5.74) is 4.46. The molecule has 7 heteroatoms. The van der Waals surface area contributed by atoms with Crippen molar-refractivity contribution in [3.63, 3.8) is 0 Å². The lowest BCUT2D eigenvalue weighted by molar-refractivity contribution is 0.437. The summed E-state index contributed by atoms with van der Waals surface area (Å²) in [4.78, 5) is 12.2. The summed E-state index contributed by atoms with van der Waals surface area (Å²) < 4.78 is 5.29. The molecule has 3 heterocycles. The number of aryl methyl sites for hydroxylation is 2. The second-order valence-corrected chi connectivity index (χ2v) is 10.4. The van der Waals surface area contributed by atoms with E-state index in [4.69, 9.17) is 9.97 Å². The van der Waals surface area contributed by atoms with Crippen molar-refractivity contribution in [3.05, 3.63) is 42.6 Å². The summed E-state index contributed by atoms with van der Waals surface area (Å²) in [6, 6.07) is 4.14. The van der Waals surface area contributed by atoms with Crippen LogP contribution in [0.3, 0.4) is 0 Å². The van der Waals surface area contributed by atoms with Crippen LogP contribution in [0.2, 0.25) is 0 Å². The standard InChI is InChI=1S/C21H23Br3N4/c1-11-5-7-27(8-6-11)20-18-12(2)13(3)28(21(18)26-14(4)25-20)19-16(23)9-15(22)10-17(19)24/h9-11H,5-8H2,1-4H3. The van der Waals surface area contributed by atoms with Crippen molar-refractivity contribution in [2.45, 2.75) is 40.5 Å². The van der Waals surface area contributed by atoms with E-state index < -0.39 is 0 Å². The molecule has 4 rings (SSSR count). The smallest absolute Gasteiger partial charge is 0.150 e. The SMILES string of the molecule is Cc1nc(N2CCC(C)CC2)c2c(C)c(C)n(-c3c(Br)cc(Br)cc3Br)c2n1. The van der Waals surface area contributed by atoms with Gasteiger partial charge >= 0.3 is 0 Å². The molecule has 148 valence electrons. The quantitative estimate of drug-likeness (QED) is 0.337. The average molecular weight is 571 g/mol. The topological polar surface area (TPSA) is 34.0 Å². The molecule has 1 aliphatic rings. The van der Waals surface area contributed by atoms with Gasteiger partial charge in [-0.15, -0.1) is 0 Å². The van der Waals surface area contributed by atoms with Gasteiger partial charge in [-0.1, -0.05) is 22.9 Å². The first kappa shape index (κ1) is 20.4. The third kappa shape index (κ3) is 3.43. The molecule has 1 aromatic carbocycles. The molecule has 0 amide bonds. The van der Waals surface area contributed by atoms with Gasteiger partial charge in [-0.3, -0.25) is 4.57 Å². The zero-order valence-electron chi connectivity index (χ0n) is 16.5. The second kappa shape index (κ2) is 7.73. The minimum absolute atomic E-state index is 0.789. The fourth-order valence-corrected chi connectivity index (χ4v) is 6.63. The van der Waals surface area contributed by atoms with Crippen LogP contribution in [0.4, 0.5) is 5.82 Å². The van der Waals surface area contributed by atoms with E-state index in [1.165, 1.54) is 29.5 Å². The lowest BCUT2D eigenvalue weighted by Gasteiger charge is -2.31. The first-order valence-corrected chi connectivity index (χ1v) is 11.9. The highest BCUT2D eigenvalue weighted by Crippen LogP contribution is 2.40. The van der Waals surface area contributed by atoms with Gasteiger partial charge in [-0.25, -0.2) is 9.97 Å². The summed E-state index contributed by atoms with van der Waals surface area (Å²) in [6.07, 6.45) is 2.43. The zero-order valence-corrected chi connectivity index (χ0v) is 21.2. The predicted octanol–water partition coefficient (Wildman–Crippen LogP) is 6.87. The van der Waals surface area contributed by atoms with Crippen LogP contribution in [0.5, 0.6) is 0 Å². The van der Waals surface area contributed by atoms with Crippen molar-refractivity contribution >= 4 is 64.6 Å². The molecule has 0 N–H and O–H groups in total. The van der Waals surface area contributed by atoms with Crippen LogP contribution in [-0.4, -0.2) is 27.6 Å². The highest BCUT2D eigenvalue weighted by atomic mass is 79.9. The van der Waals surface area contributed by atoms with Crippen LogP contribution < -0.4 is 4.90 Å². The summed E-state index contributed by atoms with van der Waals surface area (Å²) in [6.45, 7) is 10.8. The van der Waals surface area contributed by atoms with Gasteiger partial charge in [0.05, 0.1) is 11.1 Å². The van der Waals surface area contributed by atoms with E-state index in [1.54, 1.807) is 0 Å². The monoisotopic (exact) mass is 568 g/mol. The van der Waals surface area contributed by atoms with E-state index in [9.17, 15) is 0 Å². The molecule has 1 saturated heterocycles. The highest BCUT2D eigenvalue weighted by Gasteiger charge is 2.25. The summed E-state index contributed by atoms with van der Waals surface area (Å²) >= 11 is 11.1. The normalized spacial score (nSPS) is 15.6. The van der Waals surface area contributed by atoms with Crippen LogP contribution in [-0.2, 0) is 0 Å². The van der Waals surface area contributed by atoms with Crippen molar-refractivity contribution in [2.75, 3.05) is 18.0 Å². The molecular formula is C21H23Br3N4. The molecule has 0 unspecified atom stereocenters. The van der Waals surface area contributed by atoms with Crippen molar-refractivity contribution in [1.29, 1.82) is 0 Å². The number of anilines is 1. The van der Waals surface area contributed by atoms with Gasteiger partial charge in [0.25, 0.3) is 0 Å². The number of fused-ring (bicyclic) bond motifs is 1. The Kier molecular flexibility index (Phi) is 5.62. The Labute approximate surface area is 191 Å². The molecule has 1 aliphatic heterocycles. The van der Waals surface area contributed by atoms with Crippen LogP contribution in [0, 0.1) is 26.7 Å². The van der Waals surface area contributed by atoms with E-state index in [0.717, 1.165) is 55.4 Å². The van der Waals surface area contributed by atoms with Gasteiger partial charge in [-0.05, 0) is 89.1 Å². The van der Waals surface area contributed by atoms with Gasteiger partial charge in [0.15, 0.2) is 5.65 Å². The highest BCUT2D eigenvalue weighted by molar-refractivity contribution is 9.11. The number of halogens is 3. The number of benzene rings is 1. The Bertz CT molecular complexity index is 1040. The molecule has 0 radical (unpaired) electrons. The number of rotatable bonds is 2. The number of aromatic nitrogens is 3. The van der Waals surface area contributed by atoms with Crippen LogP contribution in [0.15, 0.2) is 25.6 Å². The Hall–Kier alpha value is -0.920. The van der Waals surface area contributed by atoms with Gasteiger partial charge in [-0.2, -0.15) is 0 Å². The van der Waals surface area contributed by atoms with Crippen LogP contribution in [0.1, 0.15) is 36.8 Å². The maximum Gasteiger partial charge on any atom is 0.150 e. The molecule has 0 spiro atoms. The third-order valence-electron chi connectivity index (χ3n) is 5.74. The van der Waals surface area contributed by atoms with E-state index >= 15 is 0 Å². The largest absolute Gasteiger partial charge is 0.356 e. The average Bonchev–Trinajstić information content (AvgIpc) is 2.86. The fraction of sp³-hybridized carbons (Fsp3) is 0.429. The van der Waals surface area contributed by atoms with Gasteiger partial charge in [0.1, 0.15) is 11.6 Å². The first-order valence-electron chi connectivity index (χ1n) is 9.54. The summed E-state index contributed by atoms with van der Waals surface area (Å²) in [7, 11) is 0. The number of nitrogens with zero attached hydrogens (tertiary/aromatic N) is 4. The second-order valence-electron chi connectivity index (χ2n) is 7.73. The number of piperidine rings is 1. The molecule has 2 aromatic heterocycles. The predicted molar refractivity (Wildman–Crippen MR) is 127 cm³/mol. The fourth-order valence-electron chi connectivity index (χ4n) is 4.02. The molecule has 3 aromatic rings. The molecule has 0 saturated carbocycles. The van der Waals surface area contributed by atoms with Gasteiger partial charge < -0.3 is 4.90 Å². The number of hydrogen-bond acceptors (Lipinski definition) is 3. The molecule has 28 heavy (non-hydrogen) atoms. The lowest BCUT2D eigenvalue weighted by Crippen LogP contribution is -2.33. The molecule has 0 bridgehead atoms. The van der Waals surface area contributed by atoms with Crippen LogP contribution >= 0.6 is 47.8 Å². The Morgan fingerprint density at radius 2 is 1.57 bits per heavy atom. The zero-order chi connectivity index (χ0) is 20.2. The molecule has 1 fully saturated rings. The molecule has 0 aliphatic carbocycles. The van der Waals surface area contributed by atoms with Crippen molar-refractivity contribution < 1.29 is 0 Å². The lowest BCUT2D eigenvalue weighted by atomic mass is 9.99. The van der Waals surface area contributed by atoms with Gasteiger partial charge in [0.2, 0.25) is 0 Å². The minimum atomic E-state index is 0.789. The Morgan fingerprint density at radius 3 is 2.18 bits per heavy atom. The molecule has 0 atom stereocenters. The maximum absolute atomic E-state index is 4.89. The van der Waals surface area contributed by atoms with Gasteiger partial charge in [0, 0.05) is 32.2 Å². The Morgan fingerprint density at radius 1 is 0.964 bits per heavy atom. The maximum atomic E-state index is 4.89. The third-order valence-corrected chi connectivity index (χ3v) is 7.40. The van der Waals surface area contributed by atoms with E-state index in [2.05, 4.69) is 90.2 Å². The molecular weight excluding hydrogens is 548 g/mol. The Balaban J connectivity index is 1.99. The molecule has 4 nitrogen and oxygen atoms in total. The van der Waals surface area contributed by atoms with Crippen molar-refractivity contribution in [3.8, 4) is 5.69 Å². The van der Waals surface area contributed by atoms with Crippen LogP contribution in [0.25, 0.3) is 16.7 Å².